The van der Waals surface area contributed by atoms with E-state index in [-0.39, 0.29) is 5.91 Å². The van der Waals surface area contributed by atoms with Gasteiger partial charge < -0.3 is 5.73 Å². The van der Waals surface area contributed by atoms with Crippen LogP contribution < -0.4 is 11.1 Å². The average molecular weight is 213 g/mol. The van der Waals surface area contributed by atoms with E-state index in [0.717, 1.165) is 24.4 Å². The first-order valence-electron chi connectivity index (χ1n) is 4.49. The Hall–Kier alpha value is -1.08. The molecule has 76 valence electrons. The van der Waals surface area contributed by atoms with Crippen LogP contribution in [-0.2, 0) is 4.79 Å². The summed E-state index contributed by atoms with van der Waals surface area (Å²) in [7, 11) is 0. The fraction of sp³-hybridized carbons (Fsp3) is 0.714. The van der Waals surface area contributed by atoms with Gasteiger partial charge in [-0.3, -0.25) is 10.1 Å². The van der Waals surface area contributed by atoms with Crippen molar-refractivity contribution in [1.29, 1.82) is 0 Å². The first kappa shape index (κ1) is 9.47. The molecule has 1 fully saturated rings. The van der Waals surface area contributed by atoms with E-state index in [1.165, 1.54) is 6.42 Å². The lowest BCUT2D eigenvalue weighted by molar-refractivity contribution is -0.119. The minimum absolute atomic E-state index is 0.187. The Balaban J connectivity index is 1.88. The summed E-state index contributed by atoms with van der Waals surface area (Å²) in [4.78, 5) is 11.5. The fourth-order valence-corrected chi connectivity index (χ4v) is 1.75. The van der Waals surface area contributed by atoms with Gasteiger partial charge in [-0.1, -0.05) is 16.0 Å². The van der Waals surface area contributed by atoms with Gasteiger partial charge in [0.2, 0.25) is 11.0 Å². The van der Waals surface area contributed by atoms with Gasteiger partial charge in [0.25, 0.3) is 0 Å². The standard InChI is InChI=1S/C7H11N5OS/c8-5(4-2-1-3-4)6(13)9-7-10-11-12-14-7/h4-5H,1-3,8H2,(H,9,10,12,13). The molecule has 1 aromatic heterocycles. The Labute approximate surface area is 85.0 Å². The summed E-state index contributed by atoms with van der Waals surface area (Å²) in [5.41, 5.74) is 5.76. The second kappa shape index (κ2) is 3.97. The van der Waals surface area contributed by atoms with Gasteiger partial charge in [0.1, 0.15) is 0 Å². The Kier molecular flexibility index (Phi) is 2.69. The number of hydrogen-bond acceptors (Lipinski definition) is 6. The van der Waals surface area contributed by atoms with E-state index in [4.69, 9.17) is 5.73 Å². The summed E-state index contributed by atoms with van der Waals surface area (Å²) in [6.07, 6.45) is 3.26. The molecule has 1 aliphatic carbocycles. The van der Waals surface area contributed by atoms with Crippen LogP contribution in [0, 0.1) is 5.92 Å². The summed E-state index contributed by atoms with van der Waals surface area (Å²) in [5.74, 6) is 0.143. The zero-order valence-electron chi connectivity index (χ0n) is 7.51. The highest BCUT2D eigenvalue weighted by Crippen LogP contribution is 2.29. The summed E-state index contributed by atoms with van der Waals surface area (Å²) in [6, 6.07) is -0.423. The van der Waals surface area contributed by atoms with E-state index in [9.17, 15) is 4.79 Å². The molecule has 1 heterocycles. The molecular weight excluding hydrogens is 202 g/mol. The topological polar surface area (TPSA) is 93.8 Å². The number of hydrogen-bond donors (Lipinski definition) is 2. The van der Waals surface area contributed by atoms with E-state index in [0.29, 0.717) is 11.0 Å². The Morgan fingerprint density at radius 1 is 1.64 bits per heavy atom. The van der Waals surface area contributed by atoms with Gasteiger partial charge in [0.15, 0.2) is 0 Å². The van der Waals surface area contributed by atoms with Crippen LogP contribution in [0.1, 0.15) is 19.3 Å². The molecule has 6 nitrogen and oxygen atoms in total. The van der Waals surface area contributed by atoms with Crippen molar-refractivity contribution < 1.29 is 4.79 Å². The monoisotopic (exact) mass is 213 g/mol. The number of anilines is 1. The molecule has 1 amide bonds. The van der Waals surface area contributed by atoms with Crippen LogP contribution in [0.15, 0.2) is 0 Å². The van der Waals surface area contributed by atoms with Crippen LogP contribution in [0.5, 0.6) is 0 Å². The van der Waals surface area contributed by atoms with Gasteiger partial charge in [-0.2, -0.15) is 0 Å². The molecule has 1 saturated carbocycles. The van der Waals surface area contributed by atoms with Gasteiger partial charge in [-0.25, -0.2) is 0 Å². The highest BCUT2D eigenvalue weighted by molar-refractivity contribution is 7.09. The number of nitrogens with two attached hydrogens (primary N) is 1. The normalized spacial score (nSPS) is 18.6. The molecule has 0 aliphatic heterocycles. The van der Waals surface area contributed by atoms with E-state index in [1.54, 1.807) is 0 Å². The van der Waals surface area contributed by atoms with Crippen molar-refractivity contribution in [2.45, 2.75) is 25.3 Å². The van der Waals surface area contributed by atoms with E-state index >= 15 is 0 Å². The number of aromatic nitrogens is 3. The number of nitrogens with one attached hydrogen (secondary N) is 1. The van der Waals surface area contributed by atoms with Crippen LogP contribution in [0.3, 0.4) is 0 Å². The maximum absolute atomic E-state index is 11.5. The van der Waals surface area contributed by atoms with Crippen LogP contribution in [0.4, 0.5) is 5.13 Å². The fourth-order valence-electron chi connectivity index (χ4n) is 1.38. The summed E-state index contributed by atoms with van der Waals surface area (Å²) < 4.78 is 3.54. The average Bonchev–Trinajstić information content (AvgIpc) is 2.53. The highest BCUT2D eigenvalue weighted by atomic mass is 32.1. The molecule has 0 spiro atoms. The Bertz CT molecular complexity index is 310. The molecule has 0 saturated heterocycles. The molecule has 0 aromatic carbocycles. The van der Waals surface area contributed by atoms with E-state index < -0.39 is 6.04 Å². The molecule has 1 aromatic rings. The van der Waals surface area contributed by atoms with Crippen LogP contribution in [0.2, 0.25) is 0 Å². The molecule has 2 rings (SSSR count). The number of rotatable bonds is 3. The maximum Gasteiger partial charge on any atom is 0.243 e. The summed E-state index contributed by atoms with van der Waals surface area (Å²) >= 11 is 1.05. The third-order valence-corrected chi connectivity index (χ3v) is 3.00. The lowest BCUT2D eigenvalue weighted by Crippen LogP contribution is -2.44. The Morgan fingerprint density at radius 2 is 2.43 bits per heavy atom. The predicted molar refractivity (Wildman–Crippen MR) is 51.7 cm³/mol. The predicted octanol–water partition coefficient (Wildman–Crippen LogP) is -0.00100. The first-order valence-corrected chi connectivity index (χ1v) is 5.26. The van der Waals surface area contributed by atoms with E-state index in [1.807, 2.05) is 0 Å². The van der Waals surface area contributed by atoms with Gasteiger partial charge in [-0.15, -0.1) is 0 Å². The second-order valence-corrected chi connectivity index (χ2v) is 4.11. The van der Waals surface area contributed by atoms with Crippen molar-refractivity contribution in [3.05, 3.63) is 0 Å². The van der Waals surface area contributed by atoms with Crippen molar-refractivity contribution in [3.63, 3.8) is 0 Å². The Morgan fingerprint density at radius 3 is 2.93 bits per heavy atom. The molecule has 14 heavy (non-hydrogen) atoms. The van der Waals surface area contributed by atoms with Crippen molar-refractivity contribution in [1.82, 2.24) is 14.8 Å². The molecule has 3 N–H and O–H groups in total. The summed E-state index contributed by atoms with van der Waals surface area (Å²) in [6.45, 7) is 0. The van der Waals surface area contributed by atoms with Crippen LogP contribution in [0.25, 0.3) is 0 Å². The van der Waals surface area contributed by atoms with Crippen molar-refractivity contribution >= 4 is 22.6 Å². The van der Waals surface area contributed by atoms with Crippen molar-refractivity contribution in [2.75, 3.05) is 5.32 Å². The van der Waals surface area contributed by atoms with Gasteiger partial charge in [0.05, 0.1) is 6.04 Å². The largest absolute Gasteiger partial charge is 0.320 e. The van der Waals surface area contributed by atoms with Crippen LogP contribution >= 0.6 is 11.5 Å². The molecule has 0 radical (unpaired) electrons. The molecular formula is C7H11N5OS. The maximum atomic E-state index is 11.5. The van der Waals surface area contributed by atoms with Gasteiger partial charge in [-0.05, 0) is 24.0 Å². The summed E-state index contributed by atoms with van der Waals surface area (Å²) in [5, 5.41) is 9.98. The minimum Gasteiger partial charge on any atom is -0.320 e. The molecule has 1 atom stereocenters. The lowest BCUT2D eigenvalue weighted by atomic mass is 9.80. The molecule has 7 heteroatoms. The minimum atomic E-state index is -0.423. The third-order valence-electron chi connectivity index (χ3n) is 2.49. The number of amides is 1. The SMILES string of the molecule is NC(C(=O)Nc1nnns1)C1CCC1. The van der Waals surface area contributed by atoms with Gasteiger partial charge >= 0.3 is 0 Å². The first-order chi connectivity index (χ1) is 6.77. The molecule has 0 bridgehead atoms. The number of carbonyl (C=O) groups excluding carboxylic acids is 1. The van der Waals surface area contributed by atoms with Crippen LogP contribution in [-0.4, -0.2) is 26.7 Å². The zero-order chi connectivity index (χ0) is 9.97. The second-order valence-electron chi connectivity index (χ2n) is 3.37. The molecule has 1 aliphatic rings. The smallest absolute Gasteiger partial charge is 0.243 e. The highest BCUT2D eigenvalue weighted by Gasteiger charge is 2.29. The lowest BCUT2D eigenvalue weighted by Gasteiger charge is -2.29. The van der Waals surface area contributed by atoms with Crippen molar-refractivity contribution in [2.24, 2.45) is 11.7 Å². The number of nitrogens with zero attached hydrogens (tertiary/aromatic N) is 3. The zero-order valence-corrected chi connectivity index (χ0v) is 8.33. The quantitative estimate of drug-likeness (QED) is 0.737. The van der Waals surface area contributed by atoms with Crippen molar-refractivity contribution in [3.8, 4) is 0 Å². The number of carbonyl (C=O) groups is 1. The van der Waals surface area contributed by atoms with E-state index in [2.05, 4.69) is 20.1 Å². The third kappa shape index (κ3) is 1.88. The molecule has 1 unspecified atom stereocenters. The van der Waals surface area contributed by atoms with Gasteiger partial charge in [0, 0.05) is 11.5 Å².